The van der Waals surface area contributed by atoms with Crippen LogP contribution in [0.4, 0.5) is 4.39 Å². The van der Waals surface area contributed by atoms with E-state index in [0.29, 0.717) is 15.6 Å². The molecule has 0 aliphatic carbocycles. The summed E-state index contributed by atoms with van der Waals surface area (Å²) < 4.78 is 14.0. The lowest BCUT2D eigenvalue weighted by molar-refractivity contribution is 0.560. The molecule has 2 rings (SSSR count). The second kappa shape index (κ2) is 5.88. The second-order valence-electron chi connectivity index (χ2n) is 4.30. The fourth-order valence-electron chi connectivity index (χ4n) is 2.06. The van der Waals surface area contributed by atoms with Crippen LogP contribution in [0.1, 0.15) is 22.7 Å². The quantitative estimate of drug-likeness (QED) is 0.664. The molecule has 0 heterocycles. The molecule has 2 aromatic rings. The van der Waals surface area contributed by atoms with Crippen molar-refractivity contribution < 1.29 is 4.39 Å². The van der Waals surface area contributed by atoms with Gasteiger partial charge in [0.05, 0.1) is 6.04 Å². The Morgan fingerprint density at radius 2 is 1.95 bits per heavy atom. The van der Waals surface area contributed by atoms with E-state index in [1.807, 2.05) is 19.1 Å². The number of hydrazine groups is 1. The van der Waals surface area contributed by atoms with Crippen molar-refractivity contribution in [1.82, 2.24) is 5.43 Å². The molecule has 0 radical (unpaired) electrons. The molecule has 0 aliphatic heterocycles. The van der Waals surface area contributed by atoms with Gasteiger partial charge in [0, 0.05) is 15.6 Å². The van der Waals surface area contributed by atoms with Gasteiger partial charge in [-0.3, -0.25) is 5.84 Å². The molecule has 0 aliphatic rings. The Labute approximate surface area is 121 Å². The van der Waals surface area contributed by atoms with E-state index >= 15 is 0 Å². The molecule has 100 valence electrons. The van der Waals surface area contributed by atoms with Crippen LogP contribution in [0.2, 0.25) is 10.0 Å². The van der Waals surface area contributed by atoms with E-state index in [-0.39, 0.29) is 0 Å². The molecule has 2 aromatic carbocycles. The van der Waals surface area contributed by atoms with Gasteiger partial charge < -0.3 is 0 Å². The van der Waals surface area contributed by atoms with Gasteiger partial charge in [0.25, 0.3) is 0 Å². The van der Waals surface area contributed by atoms with E-state index in [0.717, 1.165) is 11.1 Å². The van der Waals surface area contributed by atoms with E-state index in [4.69, 9.17) is 29.0 Å². The van der Waals surface area contributed by atoms with Gasteiger partial charge in [0.1, 0.15) is 5.82 Å². The molecule has 0 fully saturated rings. The molecule has 1 unspecified atom stereocenters. The Balaban J connectivity index is 2.56. The summed E-state index contributed by atoms with van der Waals surface area (Å²) in [7, 11) is 0. The summed E-state index contributed by atoms with van der Waals surface area (Å²) in [5.74, 6) is 5.15. The van der Waals surface area contributed by atoms with E-state index in [2.05, 4.69) is 5.43 Å². The number of rotatable bonds is 3. The average Bonchev–Trinajstić information content (AvgIpc) is 2.32. The molecule has 0 spiro atoms. The molecule has 3 N–H and O–H groups in total. The largest absolute Gasteiger partial charge is 0.271 e. The maximum atomic E-state index is 14.0. The third-order valence-corrected chi connectivity index (χ3v) is 3.40. The molecule has 0 amide bonds. The third-order valence-electron chi connectivity index (χ3n) is 2.85. The minimum atomic E-state index is -0.550. The molecule has 2 nitrogen and oxygen atoms in total. The summed E-state index contributed by atoms with van der Waals surface area (Å²) in [6.07, 6.45) is 0. The van der Waals surface area contributed by atoms with Gasteiger partial charge in [-0.25, -0.2) is 9.82 Å². The van der Waals surface area contributed by atoms with Crippen molar-refractivity contribution >= 4 is 23.2 Å². The first-order valence-electron chi connectivity index (χ1n) is 5.70. The lowest BCUT2D eigenvalue weighted by atomic mass is 9.97. The molecule has 1 atom stereocenters. The monoisotopic (exact) mass is 298 g/mol. The van der Waals surface area contributed by atoms with Crippen LogP contribution < -0.4 is 11.3 Å². The number of benzene rings is 2. The maximum absolute atomic E-state index is 14.0. The topological polar surface area (TPSA) is 38.0 Å². The Hall–Kier alpha value is -1.13. The Kier molecular flexibility index (Phi) is 4.42. The van der Waals surface area contributed by atoms with E-state index in [9.17, 15) is 4.39 Å². The smallest absolute Gasteiger partial charge is 0.129 e. The summed E-state index contributed by atoms with van der Waals surface area (Å²) in [6.45, 7) is 1.91. The Bertz CT molecular complexity index is 561. The van der Waals surface area contributed by atoms with Crippen LogP contribution in [0.15, 0.2) is 36.4 Å². The van der Waals surface area contributed by atoms with Crippen molar-refractivity contribution in [2.24, 2.45) is 5.84 Å². The van der Waals surface area contributed by atoms with Crippen LogP contribution in [-0.4, -0.2) is 0 Å². The van der Waals surface area contributed by atoms with E-state index in [1.165, 1.54) is 6.07 Å². The van der Waals surface area contributed by atoms with Crippen molar-refractivity contribution in [2.75, 3.05) is 0 Å². The highest BCUT2D eigenvalue weighted by molar-refractivity contribution is 6.31. The Morgan fingerprint density at radius 3 is 2.53 bits per heavy atom. The number of halogens is 3. The van der Waals surface area contributed by atoms with E-state index in [1.54, 1.807) is 18.2 Å². The van der Waals surface area contributed by atoms with Crippen LogP contribution in [0.5, 0.6) is 0 Å². The first-order chi connectivity index (χ1) is 9.02. The van der Waals surface area contributed by atoms with Crippen LogP contribution >= 0.6 is 23.2 Å². The van der Waals surface area contributed by atoms with Gasteiger partial charge in [0.15, 0.2) is 0 Å². The fraction of sp³-hybridized carbons (Fsp3) is 0.143. The van der Waals surface area contributed by atoms with Crippen LogP contribution in [0.3, 0.4) is 0 Å². The second-order valence-corrected chi connectivity index (χ2v) is 5.14. The molecule has 0 bridgehead atoms. The van der Waals surface area contributed by atoms with Gasteiger partial charge in [-0.15, -0.1) is 0 Å². The average molecular weight is 299 g/mol. The van der Waals surface area contributed by atoms with Gasteiger partial charge in [-0.2, -0.15) is 0 Å². The number of nitrogens with one attached hydrogen (secondary N) is 1. The van der Waals surface area contributed by atoms with Gasteiger partial charge in [-0.1, -0.05) is 35.3 Å². The summed E-state index contributed by atoms with van der Waals surface area (Å²) in [5, 5.41) is 0.892. The SMILES string of the molecule is Cc1cc(Cl)cc(C(NN)c2c(F)cccc2Cl)c1. The number of hydrogen-bond donors (Lipinski definition) is 2. The van der Waals surface area contributed by atoms with Crippen molar-refractivity contribution in [3.05, 3.63) is 69.0 Å². The summed E-state index contributed by atoms with van der Waals surface area (Å²) in [4.78, 5) is 0. The molecule has 0 aromatic heterocycles. The van der Waals surface area contributed by atoms with Crippen molar-refractivity contribution in [3.63, 3.8) is 0 Å². The highest BCUT2D eigenvalue weighted by Gasteiger charge is 2.20. The molecular formula is C14H13Cl2FN2. The lowest BCUT2D eigenvalue weighted by Crippen LogP contribution is -2.29. The Morgan fingerprint density at radius 1 is 1.21 bits per heavy atom. The van der Waals surface area contributed by atoms with Crippen LogP contribution in [-0.2, 0) is 0 Å². The van der Waals surface area contributed by atoms with Crippen LogP contribution in [0.25, 0.3) is 0 Å². The van der Waals surface area contributed by atoms with Gasteiger partial charge in [-0.05, 0) is 42.3 Å². The summed E-state index contributed by atoms with van der Waals surface area (Å²) in [5.41, 5.74) is 4.63. The molecular weight excluding hydrogens is 286 g/mol. The highest BCUT2D eigenvalue weighted by Crippen LogP contribution is 2.31. The first kappa shape index (κ1) is 14.3. The normalized spacial score (nSPS) is 12.5. The third kappa shape index (κ3) is 3.07. The summed E-state index contributed by atoms with van der Waals surface area (Å²) in [6, 6.07) is 9.43. The minimum absolute atomic E-state index is 0.313. The first-order valence-corrected chi connectivity index (χ1v) is 6.45. The van der Waals surface area contributed by atoms with Crippen molar-refractivity contribution in [1.29, 1.82) is 0 Å². The minimum Gasteiger partial charge on any atom is -0.271 e. The predicted octanol–water partition coefficient (Wildman–Crippen LogP) is 3.99. The molecule has 5 heteroatoms. The fourth-order valence-corrected chi connectivity index (χ4v) is 2.63. The standard InChI is InChI=1S/C14H13Cl2FN2/c1-8-5-9(7-10(15)6-8)14(19-18)13-11(16)3-2-4-12(13)17/h2-7,14,19H,18H2,1H3. The predicted molar refractivity (Wildman–Crippen MR) is 76.8 cm³/mol. The van der Waals surface area contributed by atoms with Gasteiger partial charge in [0.2, 0.25) is 0 Å². The van der Waals surface area contributed by atoms with Crippen molar-refractivity contribution in [3.8, 4) is 0 Å². The maximum Gasteiger partial charge on any atom is 0.129 e. The van der Waals surface area contributed by atoms with Crippen LogP contribution in [0, 0.1) is 12.7 Å². The number of aryl methyl sites for hydroxylation is 1. The zero-order chi connectivity index (χ0) is 14.0. The molecule has 0 saturated carbocycles. The number of hydrogen-bond acceptors (Lipinski definition) is 2. The van der Waals surface area contributed by atoms with E-state index < -0.39 is 11.9 Å². The molecule has 19 heavy (non-hydrogen) atoms. The number of nitrogens with two attached hydrogens (primary N) is 1. The van der Waals surface area contributed by atoms with Crippen molar-refractivity contribution in [2.45, 2.75) is 13.0 Å². The zero-order valence-corrected chi connectivity index (χ0v) is 11.8. The highest BCUT2D eigenvalue weighted by atomic mass is 35.5. The summed E-state index contributed by atoms with van der Waals surface area (Å²) >= 11 is 12.1. The molecule has 0 saturated heterocycles. The zero-order valence-electron chi connectivity index (χ0n) is 10.3. The van der Waals surface area contributed by atoms with Gasteiger partial charge >= 0.3 is 0 Å². The lowest BCUT2D eigenvalue weighted by Gasteiger charge is -2.19.